The smallest absolute Gasteiger partial charge is 0.136 e. The topological polar surface area (TPSA) is 13.1 Å². The SMILES string of the molecule is [2H]c1cc([2H])c2oc3c([2H])c([2H])c(Cl)cc3c2c1Br. The molecule has 0 atom stereocenters. The van der Waals surface area contributed by atoms with Crippen LogP contribution in [0, 0.1) is 0 Å². The molecule has 1 aromatic heterocycles. The Balaban J connectivity index is 2.66. The van der Waals surface area contributed by atoms with Gasteiger partial charge in [0.05, 0.1) is 5.48 Å². The van der Waals surface area contributed by atoms with Crippen LogP contribution in [-0.4, -0.2) is 0 Å². The zero-order valence-electron chi connectivity index (χ0n) is 11.3. The van der Waals surface area contributed by atoms with Crippen molar-refractivity contribution in [2.75, 3.05) is 0 Å². The Morgan fingerprint density at radius 1 is 1.20 bits per heavy atom. The number of hydrogen-bond acceptors (Lipinski definition) is 1. The molecule has 0 unspecified atom stereocenters. The molecule has 1 heterocycles. The molecule has 3 rings (SSSR count). The van der Waals surface area contributed by atoms with Crippen molar-refractivity contribution in [1.82, 2.24) is 0 Å². The molecule has 0 aliphatic carbocycles. The first kappa shape index (κ1) is 5.92. The number of halogens is 2. The molecule has 0 aliphatic heterocycles. The summed E-state index contributed by atoms with van der Waals surface area (Å²) in [5.74, 6) is 0. The summed E-state index contributed by atoms with van der Waals surface area (Å²) < 4.78 is 37.2. The summed E-state index contributed by atoms with van der Waals surface area (Å²) in [5, 5.41) is 1.23. The van der Waals surface area contributed by atoms with Gasteiger partial charge in [-0.25, -0.2) is 0 Å². The third kappa shape index (κ3) is 1.36. The molecule has 0 saturated carbocycles. The fourth-order valence-electron chi connectivity index (χ4n) is 1.51. The van der Waals surface area contributed by atoms with Gasteiger partial charge in [-0.15, -0.1) is 0 Å². The summed E-state index contributed by atoms with van der Waals surface area (Å²) in [4.78, 5) is 0. The largest absolute Gasteiger partial charge is 0.456 e. The summed E-state index contributed by atoms with van der Waals surface area (Å²) in [6.07, 6.45) is 0. The third-order valence-electron chi connectivity index (χ3n) is 2.13. The normalized spacial score (nSPS) is 15.1. The minimum Gasteiger partial charge on any atom is -0.456 e. The van der Waals surface area contributed by atoms with Crippen molar-refractivity contribution in [2.45, 2.75) is 0 Å². The van der Waals surface area contributed by atoms with E-state index in [1.54, 1.807) is 0 Å². The van der Waals surface area contributed by atoms with E-state index in [4.69, 9.17) is 21.5 Å². The quantitative estimate of drug-likeness (QED) is 0.566. The van der Waals surface area contributed by atoms with Crippen molar-refractivity contribution in [1.29, 1.82) is 0 Å². The van der Waals surface area contributed by atoms with Gasteiger partial charge >= 0.3 is 0 Å². The van der Waals surface area contributed by atoms with Gasteiger partial charge in [0.15, 0.2) is 0 Å². The fourth-order valence-corrected chi connectivity index (χ4v) is 2.17. The molecule has 0 amide bonds. The van der Waals surface area contributed by atoms with E-state index in [9.17, 15) is 0 Å². The molecule has 0 bridgehead atoms. The van der Waals surface area contributed by atoms with E-state index in [1.807, 2.05) is 0 Å². The summed E-state index contributed by atoms with van der Waals surface area (Å²) in [5.41, 5.74) is 0.497. The lowest BCUT2D eigenvalue weighted by atomic mass is 10.1. The van der Waals surface area contributed by atoms with E-state index < -0.39 is 0 Å². The molecule has 15 heavy (non-hydrogen) atoms. The van der Waals surface area contributed by atoms with Crippen LogP contribution in [0.3, 0.4) is 0 Å². The van der Waals surface area contributed by atoms with Crippen LogP contribution in [0.5, 0.6) is 0 Å². The molecule has 74 valence electrons. The first-order chi connectivity index (χ1) is 8.91. The summed E-state index contributed by atoms with van der Waals surface area (Å²) in [6, 6.07) is 2.91. The van der Waals surface area contributed by atoms with Crippen LogP contribution in [0.15, 0.2) is 45.2 Å². The van der Waals surface area contributed by atoms with E-state index in [0.29, 0.717) is 15.2 Å². The molecule has 0 saturated heterocycles. The predicted molar refractivity (Wildman–Crippen MR) is 66.4 cm³/mol. The molecule has 0 aliphatic rings. The average molecular weight is 286 g/mol. The lowest BCUT2D eigenvalue weighted by Crippen LogP contribution is -1.69. The maximum Gasteiger partial charge on any atom is 0.136 e. The molecule has 0 radical (unpaired) electrons. The summed E-state index contributed by atoms with van der Waals surface area (Å²) >= 11 is 9.22. The number of fused-ring (bicyclic) bond motifs is 3. The molecule has 2 aromatic carbocycles. The Morgan fingerprint density at radius 2 is 2.07 bits per heavy atom. The molecule has 0 spiro atoms. The zero-order chi connectivity index (χ0) is 13.9. The van der Waals surface area contributed by atoms with Gasteiger partial charge in [0.2, 0.25) is 0 Å². The predicted octanol–water partition coefficient (Wildman–Crippen LogP) is 5.00. The minimum absolute atomic E-state index is 0.0708. The van der Waals surface area contributed by atoms with Crippen LogP contribution in [0.25, 0.3) is 21.9 Å². The van der Waals surface area contributed by atoms with Gasteiger partial charge in [0.1, 0.15) is 11.2 Å². The van der Waals surface area contributed by atoms with Crippen molar-refractivity contribution in [3.8, 4) is 0 Å². The van der Waals surface area contributed by atoms with E-state index in [0.717, 1.165) is 0 Å². The van der Waals surface area contributed by atoms with Gasteiger partial charge in [-0.3, -0.25) is 0 Å². The van der Waals surface area contributed by atoms with Crippen molar-refractivity contribution < 1.29 is 9.90 Å². The van der Waals surface area contributed by atoms with Crippen LogP contribution in [-0.2, 0) is 0 Å². The van der Waals surface area contributed by atoms with Gasteiger partial charge in [0, 0.05) is 20.3 Å². The van der Waals surface area contributed by atoms with Crippen molar-refractivity contribution >= 4 is 49.5 Å². The lowest BCUT2D eigenvalue weighted by Gasteiger charge is -1.93. The van der Waals surface area contributed by atoms with Crippen LogP contribution >= 0.6 is 27.5 Å². The molecule has 0 N–H and O–H groups in total. The van der Waals surface area contributed by atoms with E-state index in [2.05, 4.69) is 15.9 Å². The Hall–Kier alpha value is -0.990. The van der Waals surface area contributed by atoms with E-state index >= 15 is 0 Å². The maximum atomic E-state index is 7.87. The third-order valence-corrected chi connectivity index (χ3v) is 2.96. The molecule has 0 fully saturated rings. The van der Waals surface area contributed by atoms with E-state index in [1.165, 1.54) is 12.1 Å². The summed E-state index contributed by atoms with van der Waals surface area (Å²) in [6.45, 7) is 0. The maximum absolute atomic E-state index is 7.87. The van der Waals surface area contributed by atoms with Gasteiger partial charge in [-0.2, -0.15) is 0 Å². The van der Waals surface area contributed by atoms with Crippen LogP contribution in [0.1, 0.15) is 5.48 Å². The molecule has 3 aromatic rings. The van der Waals surface area contributed by atoms with Gasteiger partial charge in [-0.1, -0.05) is 33.6 Å². The van der Waals surface area contributed by atoms with Crippen molar-refractivity contribution in [2.24, 2.45) is 0 Å². The first-order valence-electron chi connectivity index (χ1n) is 6.19. The van der Waals surface area contributed by atoms with Gasteiger partial charge in [-0.05, 0) is 30.2 Å². The highest BCUT2D eigenvalue weighted by Gasteiger charge is 2.09. The average Bonchev–Trinajstić information content (AvgIpc) is 2.73. The van der Waals surface area contributed by atoms with Crippen molar-refractivity contribution in [3.05, 3.63) is 45.8 Å². The number of benzene rings is 2. The molecular weight excluding hydrogens is 275 g/mol. The second-order valence-corrected chi connectivity index (χ2v) is 4.24. The van der Waals surface area contributed by atoms with Crippen LogP contribution < -0.4 is 0 Å². The highest BCUT2D eigenvalue weighted by Crippen LogP contribution is 2.35. The highest BCUT2D eigenvalue weighted by molar-refractivity contribution is 9.10. The van der Waals surface area contributed by atoms with Crippen LogP contribution in [0.4, 0.5) is 0 Å². The van der Waals surface area contributed by atoms with Crippen LogP contribution in [0.2, 0.25) is 5.02 Å². The second kappa shape index (κ2) is 3.26. The Bertz CT molecular complexity index is 843. The Morgan fingerprint density at radius 3 is 2.93 bits per heavy atom. The zero-order valence-corrected chi connectivity index (χ0v) is 9.66. The van der Waals surface area contributed by atoms with Gasteiger partial charge in [0.25, 0.3) is 0 Å². The Labute approximate surface area is 105 Å². The van der Waals surface area contributed by atoms with Gasteiger partial charge < -0.3 is 4.42 Å². The lowest BCUT2D eigenvalue weighted by molar-refractivity contribution is 0.669. The van der Waals surface area contributed by atoms with Crippen molar-refractivity contribution in [3.63, 3.8) is 0 Å². The Kier molecular flexibility index (Phi) is 1.29. The first-order valence-corrected chi connectivity index (χ1v) is 5.36. The number of rotatable bonds is 0. The monoisotopic (exact) mass is 284 g/mol. The molecule has 3 heteroatoms. The highest BCUT2D eigenvalue weighted by atomic mass is 79.9. The fraction of sp³-hybridized carbons (Fsp3) is 0. The standard InChI is InChI=1S/C12H6BrClO/c13-9-2-1-3-11-12(9)8-6-7(14)4-5-10(8)15-11/h1-6H/i2D,3D,4D,5D. The molecule has 1 nitrogen and oxygen atoms in total. The van der Waals surface area contributed by atoms with E-state index in [-0.39, 0.29) is 40.4 Å². The number of hydrogen-bond donors (Lipinski definition) is 0. The summed E-state index contributed by atoms with van der Waals surface area (Å²) in [7, 11) is 0. The minimum atomic E-state index is -0.114. The molecular formula is C12H6BrClO. The number of furan rings is 1. The second-order valence-electron chi connectivity index (χ2n) is 3.04.